The normalized spacial score (nSPS) is 12.7. The molecule has 6 nitrogen and oxygen atoms in total. The first kappa shape index (κ1) is 15.1. The van der Waals surface area contributed by atoms with E-state index in [1.807, 2.05) is 0 Å². The number of carbonyl (C=O) groups is 4. The van der Waals surface area contributed by atoms with Crippen molar-refractivity contribution in [1.82, 2.24) is 0 Å². The number of ketones is 2. The summed E-state index contributed by atoms with van der Waals surface area (Å²) < 4.78 is 39.4. The van der Waals surface area contributed by atoms with Crippen molar-refractivity contribution in [3.05, 3.63) is 0 Å². The molecule has 96 valence electrons. The Bertz CT molecular complexity index is 359. The van der Waals surface area contributed by atoms with Crippen molar-refractivity contribution >= 4 is 23.5 Å². The summed E-state index contributed by atoms with van der Waals surface area (Å²) in [5.74, 6) is -7.11. The first-order chi connectivity index (χ1) is 7.55. The summed E-state index contributed by atoms with van der Waals surface area (Å²) in [4.78, 5) is 42.0. The fraction of sp³-hybridized carbons (Fsp3) is 0.500. The number of esters is 1. The van der Waals surface area contributed by atoms with Crippen molar-refractivity contribution in [1.29, 1.82) is 0 Å². The van der Waals surface area contributed by atoms with Crippen LogP contribution in [0.2, 0.25) is 0 Å². The Hall–Kier alpha value is -1.93. The molecule has 9 heteroatoms. The first-order valence-corrected chi connectivity index (χ1v) is 4.12. The molecule has 0 aromatic heterocycles. The highest BCUT2D eigenvalue weighted by molar-refractivity contribution is 6.45. The van der Waals surface area contributed by atoms with Crippen LogP contribution in [0, 0.1) is 0 Å². The van der Waals surface area contributed by atoms with E-state index in [0.29, 0.717) is 6.92 Å². The SMILES string of the molecule is CC(OC(=O)C(=O)CC(=O)C(=O)O)C(F)(F)F. The molecule has 0 fully saturated rings. The van der Waals surface area contributed by atoms with Crippen LogP contribution in [0.4, 0.5) is 13.2 Å². The molecule has 0 amide bonds. The van der Waals surface area contributed by atoms with Gasteiger partial charge in [-0.2, -0.15) is 13.2 Å². The highest BCUT2D eigenvalue weighted by Crippen LogP contribution is 2.22. The molecule has 0 spiro atoms. The molecule has 1 atom stereocenters. The van der Waals surface area contributed by atoms with E-state index < -0.39 is 42.2 Å². The Morgan fingerprint density at radius 1 is 1.18 bits per heavy atom. The lowest BCUT2D eigenvalue weighted by molar-refractivity contribution is -0.215. The number of rotatable bonds is 5. The third-order valence-corrected chi connectivity index (χ3v) is 1.53. The van der Waals surface area contributed by atoms with Crippen LogP contribution in [0.15, 0.2) is 0 Å². The van der Waals surface area contributed by atoms with E-state index in [1.165, 1.54) is 0 Å². The molecule has 0 saturated carbocycles. The van der Waals surface area contributed by atoms with E-state index in [-0.39, 0.29) is 0 Å². The number of carboxylic acid groups (broad SMARTS) is 1. The second-order valence-electron chi connectivity index (χ2n) is 2.92. The fourth-order valence-electron chi connectivity index (χ4n) is 0.587. The minimum atomic E-state index is -4.84. The zero-order valence-electron chi connectivity index (χ0n) is 8.41. The molecule has 0 aromatic carbocycles. The summed E-state index contributed by atoms with van der Waals surface area (Å²) in [6.45, 7) is 0.490. The van der Waals surface area contributed by atoms with Gasteiger partial charge >= 0.3 is 18.1 Å². The lowest BCUT2D eigenvalue weighted by atomic mass is 10.2. The maximum atomic E-state index is 11.9. The number of Topliss-reactive ketones (excluding diaryl/α,β-unsaturated/α-hetero) is 2. The number of hydrogen-bond acceptors (Lipinski definition) is 5. The van der Waals surface area contributed by atoms with E-state index in [9.17, 15) is 32.3 Å². The molecule has 0 saturated heterocycles. The van der Waals surface area contributed by atoms with Crippen LogP contribution in [0.3, 0.4) is 0 Å². The van der Waals surface area contributed by atoms with Crippen LogP contribution >= 0.6 is 0 Å². The standard InChI is InChI=1S/C8H7F3O6/c1-3(8(9,10)11)17-7(16)5(13)2-4(12)6(14)15/h3H,2H2,1H3,(H,14,15). The van der Waals surface area contributed by atoms with Crippen LogP contribution in [0.5, 0.6) is 0 Å². The topological polar surface area (TPSA) is 97.7 Å². The summed E-state index contributed by atoms with van der Waals surface area (Å²) >= 11 is 0. The Morgan fingerprint density at radius 3 is 2.00 bits per heavy atom. The van der Waals surface area contributed by atoms with Crippen LogP contribution in [0.25, 0.3) is 0 Å². The number of carboxylic acids is 1. The minimum Gasteiger partial charge on any atom is -0.475 e. The van der Waals surface area contributed by atoms with E-state index in [2.05, 4.69) is 4.74 Å². The van der Waals surface area contributed by atoms with Gasteiger partial charge in [-0.05, 0) is 6.92 Å². The monoisotopic (exact) mass is 256 g/mol. The van der Waals surface area contributed by atoms with E-state index in [0.717, 1.165) is 0 Å². The van der Waals surface area contributed by atoms with Crippen molar-refractivity contribution in [3.8, 4) is 0 Å². The quantitative estimate of drug-likeness (QED) is 0.425. The van der Waals surface area contributed by atoms with Gasteiger partial charge in [0.05, 0.1) is 6.42 Å². The second-order valence-corrected chi connectivity index (χ2v) is 2.92. The Balaban J connectivity index is 4.39. The number of alkyl halides is 3. The van der Waals surface area contributed by atoms with Crippen molar-refractivity contribution < 1.29 is 42.2 Å². The number of hydrogen-bond donors (Lipinski definition) is 1. The van der Waals surface area contributed by atoms with Gasteiger partial charge in [-0.1, -0.05) is 0 Å². The fourth-order valence-corrected chi connectivity index (χ4v) is 0.587. The molecule has 1 N–H and O–H groups in total. The molecule has 0 aromatic rings. The van der Waals surface area contributed by atoms with Gasteiger partial charge in [0.25, 0.3) is 0 Å². The van der Waals surface area contributed by atoms with Crippen LogP contribution in [0.1, 0.15) is 13.3 Å². The summed E-state index contributed by atoms with van der Waals surface area (Å²) in [5.41, 5.74) is 0. The van der Waals surface area contributed by atoms with Gasteiger partial charge in [0.15, 0.2) is 6.10 Å². The predicted molar refractivity (Wildman–Crippen MR) is 43.9 cm³/mol. The largest absolute Gasteiger partial charge is 0.475 e. The van der Waals surface area contributed by atoms with Crippen molar-refractivity contribution in [2.75, 3.05) is 0 Å². The van der Waals surface area contributed by atoms with E-state index >= 15 is 0 Å². The molecule has 0 rings (SSSR count). The molecule has 0 aliphatic rings. The van der Waals surface area contributed by atoms with Crippen molar-refractivity contribution in [2.45, 2.75) is 25.6 Å². The molecule has 1 unspecified atom stereocenters. The maximum Gasteiger partial charge on any atom is 0.425 e. The third kappa shape index (κ3) is 5.09. The summed E-state index contributed by atoms with van der Waals surface area (Å²) in [5, 5.41) is 8.09. The van der Waals surface area contributed by atoms with Gasteiger partial charge in [0.1, 0.15) is 0 Å². The van der Waals surface area contributed by atoms with Crippen LogP contribution in [-0.4, -0.2) is 40.9 Å². The number of carbonyl (C=O) groups excluding carboxylic acids is 3. The number of halogens is 3. The van der Waals surface area contributed by atoms with E-state index in [4.69, 9.17) is 5.11 Å². The maximum absolute atomic E-state index is 11.9. The molecule has 0 radical (unpaired) electrons. The Labute approximate surface area is 92.3 Å². The highest BCUT2D eigenvalue weighted by atomic mass is 19.4. The van der Waals surface area contributed by atoms with E-state index in [1.54, 1.807) is 0 Å². The zero-order valence-corrected chi connectivity index (χ0v) is 8.41. The van der Waals surface area contributed by atoms with Gasteiger partial charge in [-0.3, -0.25) is 9.59 Å². The average Bonchev–Trinajstić information content (AvgIpc) is 2.15. The highest BCUT2D eigenvalue weighted by Gasteiger charge is 2.40. The lowest BCUT2D eigenvalue weighted by Gasteiger charge is -2.15. The van der Waals surface area contributed by atoms with Crippen LogP contribution in [-0.2, 0) is 23.9 Å². The third-order valence-electron chi connectivity index (χ3n) is 1.53. The van der Waals surface area contributed by atoms with Gasteiger partial charge in [0.2, 0.25) is 11.6 Å². The average molecular weight is 256 g/mol. The lowest BCUT2D eigenvalue weighted by Crippen LogP contribution is -2.34. The first-order valence-electron chi connectivity index (χ1n) is 4.12. The van der Waals surface area contributed by atoms with Crippen molar-refractivity contribution in [2.24, 2.45) is 0 Å². The Kier molecular flexibility index (Phi) is 4.80. The number of aliphatic carboxylic acids is 1. The second kappa shape index (κ2) is 5.41. The van der Waals surface area contributed by atoms with Gasteiger partial charge in [-0.25, -0.2) is 9.59 Å². The number of ether oxygens (including phenoxy) is 1. The molecule has 0 aliphatic heterocycles. The smallest absolute Gasteiger partial charge is 0.425 e. The molecule has 0 aliphatic carbocycles. The molecule has 0 heterocycles. The summed E-state index contributed by atoms with van der Waals surface area (Å²) in [6, 6.07) is 0. The van der Waals surface area contributed by atoms with Crippen LogP contribution < -0.4 is 0 Å². The van der Waals surface area contributed by atoms with Gasteiger partial charge in [0, 0.05) is 0 Å². The Morgan fingerprint density at radius 2 is 1.65 bits per heavy atom. The molecular formula is C8H7F3O6. The van der Waals surface area contributed by atoms with Crippen molar-refractivity contribution in [3.63, 3.8) is 0 Å². The summed E-state index contributed by atoms with van der Waals surface area (Å²) in [7, 11) is 0. The molecule has 0 bridgehead atoms. The molecular weight excluding hydrogens is 249 g/mol. The zero-order chi connectivity index (χ0) is 13.8. The minimum absolute atomic E-state index is 0.490. The van der Waals surface area contributed by atoms with Gasteiger partial charge in [-0.15, -0.1) is 0 Å². The van der Waals surface area contributed by atoms with Gasteiger partial charge < -0.3 is 9.84 Å². The molecule has 17 heavy (non-hydrogen) atoms. The predicted octanol–water partition coefficient (Wildman–Crippen LogP) is 0.0933. The summed E-state index contributed by atoms with van der Waals surface area (Å²) in [6.07, 6.45) is -8.69.